The van der Waals surface area contributed by atoms with E-state index in [4.69, 9.17) is 0 Å². The predicted octanol–water partition coefficient (Wildman–Crippen LogP) is 1.80. The first kappa shape index (κ1) is 19.8. The van der Waals surface area contributed by atoms with Gasteiger partial charge in [0.1, 0.15) is 11.9 Å². The van der Waals surface area contributed by atoms with E-state index in [1.54, 1.807) is 29.9 Å². The van der Waals surface area contributed by atoms with Crippen molar-refractivity contribution in [1.82, 2.24) is 29.8 Å². The quantitative estimate of drug-likeness (QED) is 0.672. The summed E-state index contributed by atoms with van der Waals surface area (Å²) in [4.78, 5) is 26.7. The van der Waals surface area contributed by atoms with E-state index in [2.05, 4.69) is 15.6 Å². The van der Waals surface area contributed by atoms with Crippen LogP contribution in [-0.4, -0.2) is 55.0 Å². The Morgan fingerprint density at radius 2 is 2.00 bits per heavy atom. The summed E-state index contributed by atoms with van der Waals surface area (Å²) in [6.07, 6.45) is 2.45. The summed E-state index contributed by atoms with van der Waals surface area (Å²) >= 11 is 0. The van der Waals surface area contributed by atoms with Gasteiger partial charge in [0.05, 0.1) is 25.3 Å². The maximum absolute atomic E-state index is 14.1. The summed E-state index contributed by atoms with van der Waals surface area (Å²) in [6, 6.07) is 12.7. The molecule has 2 atom stereocenters. The maximum Gasteiger partial charge on any atom is 0.273 e. The van der Waals surface area contributed by atoms with E-state index in [0.29, 0.717) is 12.2 Å². The minimum atomic E-state index is -1.09. The van der Waals surface area contributed by atoms with Crippen LogP contribution in [0.15, 0.2) is 54.9 Å². The number of carbonyl (C=O) groups is 2. The number of benzene rings is 1. The van der Waals surface area contributed by atoms with Crippen LogP contribution in [0.25, 0.3) is 0 Å². The number of hydrogen-bond donors (Lipinski definition) is 1. The van der Waals surface area contributed by atoms with Crippen LogP contribution in [0, 0.1) is 0 Å². The van der Waals surface area contributed by atoms with Gasteiger partial charge in [-0.2, -0.15) is 0 Å². The molecule has 9 heteroatoms. The number of aromatic nitrogens is 4. The van der Waals surface area contributed by atoms with E-state index in [0.717, 1.165) is 5.56 Å². The largest absolute Gasteiger partial charge is 0.347 e. The summed E-state index contributed by atoms with van der Waals surface area (Å²) in [5.41, 5.74) is 1.67. The number of rotatable bonds is 6. The number of amides is 2. The first-order valence-electron chi connectivity index (χ1n) is 9.80. The second-order valence-corrected chi connectivity index (χ2v) is 7.44. The van der Waals surface area contributed by atoms with Crippen molar-refractivity contribution in [2.45, 2.75) is 31.7 Å². The zero-order chi connectivity index (χ0) is 21.1. The molecule has 3 heterocycles. The summed E-state index contributed by atoms with van der Waals surface area (Å²) in [5, 5.41) is 10.7. The van der Waals surface area contributed by atoms with E-state index in [-0.39, 0.29) is 43.1 Å². The molecular formula is C21H23FN6O2. The molecule has 8 nitrogen and oxygen atoms in total. The molecule has 0 saturated carbocycles. The first-order chi connectivity index (χ1) is 14.5. The highest BCUT2D eigenvalue weighted by Crippen LogP contribution is 2.24. The lowest BCUT2D eigenvalue weighted by Crippen LogP contribution is -2.39. The topological polar surface area (TPSA) is 85.0 Å². The molecule has 3 aromatic rings. The molecule has 1 N–H and O–H groups in total. The molecule has 0 radical (unpaired) electrons. The van der Waals surface area contributed by atoms with Gasteiger partial charge in [-0.05, 0) is 17.7 Å². The van der Waals surface area contributed by atoms with Crippen LogP contribution in [0.5, 0.6) is 0 Å². The Kier molecular flexibility index (Phi) is 5.60. The van der Waals surface area contributed by atoms with Crippen LogP contribution in [0.3, 0.4) is 0 Å². The van der Waals surface area contributed by atoms with Gasteiger partial charge in [-0.15, -0.1) is 5.10 Å². The van der Waals surface area contributed by atoms with Crippen molar-refractivity contribution >= 4 is 11.8 Å². The third-order valence-electron chi connectivity index (χ3n) is 5.25. The molecule has 30 heavy (non-hydrogen) atoms. The normalized spacial score (nSPS) is 18.5. The summed E-state index contributed by atoms with van der Waals surface area (Å²) in [5.74, 6) is -0.551. The lowest BCUT2D eigenvalue weighted by Gasteiger charge is -2.24. The Hall–Kier alpha value is -3.49. The average Bonchev–Trinajstić information content (AvgIpc) is 3.47. The lowest BCUT2D eigenvalue weighted by atomic mass is 10.2. The number of halogens is 1. The molecule has 1 aliphatic heterocycles. The zero-order valence-corrected chi connectivity index (χ0v) is 16.6. The van der Waals surface area contributed by atoms with Crippen LogP contribution in [0.4, 0.5) is 4.39 Å². The van der Waals surface area contributed by atoms with Gasteiger partial charge < -0.3 is 14.8 Å². The predicted molar refractivity (Wildman–Crippen MR) is 107 cm³/mol. The van der Waals surface area contributed by atoms with Crippen molar-refractivity contribution < 1.29 is 14.0 Å². The van der Waals surface area contributed by atoms with Gasteiger partial charge in [-0.1, -0.05) is 35.5 Å². The molecule has 0 spiro atoms. The van der Waals surface area contributed by atoms with E-state index in [1.807, 2.05) is 30.3 Å². The van der Waals surface area contributed by atoms with Gasteiger partial charge in [-0.25, -0.2) is 9.07 Å². The second-order valence-electron chi connectivity index (χ2n) is 7.44. The Morgan fingerprint density at radius 1 is 1.20 bits per heavy atom. The van der Waals surface area contributed by atoms with Gasteiger partial charge in [0.15, 0.2) is 5.69 Å². The third kappa shape index (κ3) is 4.24. The average molecular weight is 410 g/mol. The third-order valence-corrected chi connectivity index (χ3v) is 5.25. The Balaban J connectivity index is 1.40. The van der Waals surface area contributed by atoms with Crippen molar-refractivity contribution in [3.05, 3.63) is 71.8 Å². The molecule has 1 aliphatic rings. The second kappa shape index (κ2) is 8.48. The van der Waals surface area contributed by atoms with Crippen molar-refractivity contribution in [3.63, 3.8) is 0 Å². The highest BCUT2D eigenvalue weighted by Gasteiger charge is 2.37. The molecule has 0 aliphatic carbocycles. The molecule has 2 aromatic heterocycles. The summed E-state index contributed by atoms with van der Waals surface area (Å²) < 4.78 is 17.3. The fourth-order valence-corrected chi connectivity index (χ4v) is 3.69. The first-order valence-corrected chi connectivity index (χ1v) is 9.80. The molecule has 156 valence electrons. The number of likely N-dealkylation sites (tertiary alicyclic amines) is 1. The van der Waals surface area contributed by atoms with Gasteiger partial charge in [0, 0.05) is 26.2 Å². The minimum Gasteiger partial charge on any atom is -0.347 e. The molecule has 1 aromatic carbocycles. The number of alkyl halides is 1. The van der Waals surface area contributed by atoms with Gasteiger partial charge in [-0.3, -0.25) is 9.59 Å². The molecule has 4 rings (SSSR count). The molecule has 1 saturated heterocycles. The Bertz CT molecular complexity index is 1030. The lowest BCUT2D eigenvalue weighted by molar-refractivity contribution is 0.0704. The molecule has 0 bridgehead atoms. The van der Waals surface area contributed by atoms with Crippen molar-refractivity contribution in [3.8, 4) is 0 Å². The van der Waals surface area contributed by atoms with Crippen LogP contribution in [0.1, 0.15) is 33.0 Å². The number of hydrogen-bond acceptors (Lipinski definition) is 4. The van der Waals surface area contributed by atoms with E-state index < -0.39 is 6.17 Å². The van der Waals surface area contributed by atoms with E-state index in [9.17, 15) is 14.0 Å². The summed E-state index contributed by atoms with van der Waals surface area (Å²) in [7, 11) is 1.78. The van der Waals surface area contributed by atoms with Crippen molar-refractivity contribution in [2.24, 2.45) is 7.05 Å². The van der Waals surface area contributed by atoms with Crippen LogP contribution < -0.4 is 5.32 Å². The van der Waals surface area contributed by atoms with Crippen LogP contribution in [-0.2, 0) is 20.1 Å². The van der Waals surface area contributed by atoms with Crippen molar-refractivity contribution in [2.75, 3.05) is 6.54 Å². The van der Waals surface area contributed by atoms with Crippen molar-refractivity contribution in [1.29, 1.82) is 0 Å². The molecular weight excluding hydrogens is 387 g/mol. The highest BCUT2D eigenvalue weighted by molar-refractivity contribution is 5.93. The number of carbonyl (C=O) groups excluding carboxylic acids is 2. The fourth-order valence-electron chi connectivity index (χ4n) is 3.69. The monoisotopic (exact) mass is 410 g/mol. The zero-order valence-electron chi connectivity index (χ0n) is 16.6. The Morgan fingerprint density at radius 3 is 2.73 bits per heavy atom. The van der Waals surface area contributed by atoms with Crippen LogP contribution in [0.2, 0.25) is 0 Å². The number of nitrogens with one attached hydrogen (secondary N) is 1. The maximum atomic E-state index is 14.1. The number of nitrogens with zero attached hydrogens (tertiary/aromatic N) is 5. The van der Waals surface area contributed by atoms with Crippen LogP contribution >= 0.6 is 0 Å². The van der Waals surface area contributed by atoms with E-state index in [1.165, 1.54) is 15.8 Å². The minimum absolute atomic E-state index is 0.0494. The van der Waals surface area contributed by atoms with E-state index >= 15 is 0 Å². The van der Waals surface area contributed by atoms with Gasteiger partial charge >= 0.3 is 0 Å². The fraction of sp³-hybridized carbons (Fsp3) is 0.333. The SMILES string of the molecule is Cn1cccc1C(=O)N1CC(F)CC1Cn1cc(C(=O)NCc2ccccc2)nn1. The standard InChI is InChI=1S/C21H23FN6O2/c1-26-9-5-8-19(26)21(30)28-12-16(22)10-17(28)13-27-14-18(24-25-27)20(29)23-11-15-6-3-2-4-7-15/h2-9,14,16-17H,10-13H2,1H3,(H,23,29). The van der Waals surface area contributed by atoms with Gasteiger partial charge in [0.25, 0.3) is 11.8 Å². The Labute approximate surface area is 173 Å². The highest BCUT2D eigenvalue weighted by atomic mass is 19.1. The summed E-state index contributed by atoms with van der Waals surface area (Å²) in [6.45, 7) is 0.709. The molecule has 2 amide bonds. The smallest absolute Gasteiger partial charge is 0.273 e. The van der Waals surface area contributed by atoms with Gasteiger partial charge in [0.2, 0.25) is 0 Å². The molecule has 1 fully saturated rings. The number of aryl methyl sites for hydroxylation is 1. The molecule has 2 unspecified atom stereocenters.